The summed E-state index contributed by atoms with van der Waals surface area (Å²) in [6, 6.07) is 0. The Balaban J connectivity index is 1.89. The summed E-state index contributed by atoms with van der Waals surface area (Å²) in [7, 11) is 1.74. The van der Waals surface area contributed by atoms with E-state index in [1.165, 1.54) is 12.8 Å². The maximum absolute atomic E-state index is 12.4. The van der Waals surface area contributed by atoms with Crippen molar-refractivity contribution >= 4 is 5.91 Å². The molecule has 2 saturated carbocycles. The van der Waals surface area contributed by atoms with Gasteiger partial charge in [-0.05, 0) is 32.1 Å². The summed E-state index contributed by atoms with van der Waals surface area (Å²) >= 11 is 0. The number of amides is 1. The number of hydrogen-bond acceptors (Lipinski definition) is 3. The molecule has 0 heterocycles. The number of methoxy groups -OCH3 is 1. The lowest BCUT2D eigenvalue weighted by Gasteiger charge is -2.42. The molecule has 18 heavy (non-hydrogen) atoms. The minimum Gasteiger partial charge on any atom is -0.376 e. The SMILES string of the molecule is COC1(CNC(=O)C2(CN)CCCCC2)CCC1. The summed E-state index contributed by atoms with van der Waals surface area (Å²) in [5, 5.41) is 3.09. The summed E-state index contributed by atoms with van der Waals surface area (Å²) in [5.74, 6) is 0.146. The van der Waals surface area contributed by atoms with Crippen LogP contribution < -0.4 is 11.1 Å². The number of nitrogens with two attached hydrogens (primary N) is 1. The summed E-state index contributed by atoms with van der Waals surface area (Å²) in [4.78, 5) is 12.4. The second kappa shape index (κ2) is 5.57. The van der Waals surface area contributed by atoms with E-state index in [2.05, 4.69) is 5.32 Å². The molecule has 0 unspecified atom stereocenters. The van der Waals surface area contributed by atoms with Gasteiger partial charge >= 0.3 is 0 Å². The molecule has 1 amide bonds. The average Bonchev–Trinajstić information content (AvgIpc) is 2.38. The van der Waals surface area contributed by atoms with Crippen LogP contribution in [0.4, 0.5) is 0 Å². The topological polar surface area (TPSA) is 64.3 Å². The predicted octanol–water partition coefficient (Wildman–Crippen LogP) is 1.58. The highest BCUT2D eigenvalue weighted by Crippen LogP contribution is 2.37. The van der Waals surface area contributed by atoms with Gasteiger partial charge in [0.05, 0.1) is 11.0 Å². The zero-order valence-electron chi connectivity index (χ0n) is 11.5. The van der Waals surface area contributed by atoms with E-state index in [1.807, 2.05) is 0 Å². The lowest BCUT2D eigenvalue weighted by atomic mass is 9.73. The normalized spacial score (nSPS) is 25.2. The second-order valence-corrected chi connectivity index (χ2v) is 5.97. The molecule has 0 aromatic carbocycles. The lowest BCUT2D eigenvalue weighted by molar-refractivity contribution is -0.135. The van der Waals surface area contributed by atoms with E-state index in [1.54, 1.807) is 7.11 Å². The van der Waals surface area contributed by atoms with Crippen LogP contribution in [0.3, 0.4) is 0 Å². The molecule has 2 aliphatic rings. The van der Waals surface area contributed by atoms with Gasteiger partial charge in [0.1, 0.15) is 0 Å². The van der Waals surface area contributed by atoms with Crippen LogP contribution in [0, 0.1) is 5.41 Å². The Kier molecular flexibility index (Phi) is 4.28. The third-order valence-corrected chi connectivity index (χ3v) is 4.95. The number of ether oxygens (including phenoxy) is 1. The first kappa shape index (κ1) is 13.8. The molecule has 2 aliphatic carbocycles. The van der Waals surface area contributed by atoms with Crippen molar-refractivity contribution in [2.45, 2.75) is 57.0 Å². The van der Waals surface area contributed by atoms with Crippen molar-refractivity contribution in [3.8, 4) is 0 Å². The van der Waals surface area contributed by atoms with Gasteiger partial charge in [0.25, 0.3) is 0 Å². The van der Waals surface area contributed by atoms with Gasteiger partial charge in [0.2, 0.25) is 5.91 Å². The zero-order chi connectivity index (χ0) is 13.1. The van der Waals surface area contributed by atoms with E-state index >= 15 is 0 Å². The third kappa shape index (κ3) is 2.54. The van der Waals surface area contributed by atoms with E-state index in [-0.39, 0.29) is 16.9 Å². The zero-order valence-corrected chi connectivity index (χ0v) is 11.5. The Morgan fingerprint density at radius 3 is 2.28 bits per heavy atom. The van der Waals surface area contributed by atoms with Gasteiger partial charge in [-0.3, -0.25) is 4.79 Å². The van der Waals surface area contributed by atoms with E-state index in [9.17, 15) is 4.79 Å². The fourth-order valence-corrected chi connectivity index (χ4v) is 3.21. The summed E-state index contributed by atoms with van der Waals surface area (Å²) < 4.78 is 5.53. The molecular formula is C14H26N2O2. The van der Waals surface area contributed by atoms with Crippen LogP contribution in [-0.4, -0.2) is 31.7 Å². The Morgan fingerprint density at radius 1 is 1.17 bits per heavy atom. The van der Waals surface area contributed by atoms with Gasteiger partial charge in [-0.15, -0.1) is 0 Å². The molecule has 0 radical (unpaired) electrons. The van der Waals surface area contributed by atoms with Gasteiger partial charge in [-0.1, -0.05) is 19.3 Å². The van der Waals surface area contributed by atoms with Crippen LogP contribution in [0.2, 0.25) is 0 Å². The highest BCUT2D eigenvalue weighted by atomic mass is 16.5. The predicted molar refractivity (Wildman–Crippen MR) is 71.2 cm³/mol. The minimum atomic E-state index is -0.309. The van der Waals surface area contributed by atoms with Crippen LogP contribution in [-0.2, 0) is 9.53 Å². The number of carbonyl (C=O) groups is 1. The molecule has 4 nitrogen and oxygen atoms in total. The van der Waals surface area contributed by atoms with Crippen LogP contribution in [0.1, 0.15) is 51.4 Å². The number of rotatable bonds is 5. The quantitative estimate of drug-likeness (QED) is 0.783. The fourth-order valence-electron chi connectivity index (χ4n) is 3.21. The highest BCUT2D eigenvalue weighted by molar-refractivity contribution is 5.83. The van der Waals surface area contributed by atoms with E-state index < -0.39 is 0 Å². The maximum Gasteiger partial charge on any atom is 0.227 e. The molecule has 104 valence electrons. The maximum atomic E-state index is 12.4. The standard InChI is InChI=1S/C14H26N2O2/c1-18-14(8-5-9-14)11-16-12(17)13(10-15)6-3-2-4-7-13/h2-11,15H2,1H3,(H,16,17). The monoisotopic (exact) mass is 254 g/mol. The lowest BCUT2D eigenvalue weighted by Crippen LogP contribution is -2.54. The molecular weight excluding hydrogens is 228 g/mol. The molecule has 0 aliphatic heterocycles. The van der Waals surface area contributed by atoms with Crippen molar-refractivity contribution in [1.29, 1.82) is 0 Å². The highest BCUT2D eigenvalue weighted by Gasteiger charge is 2.41. The van der Waals surface area contributed by atoms with Crippen LogP contribution in [0.15, 0.2) is 0 Å². The van der Waals surface area contributed by atoms with Gasteiger partial charge in [-0.25, -0.2) is 0 Å². The first-order chi connectivity index (χ1) is 8.66. The van der Waals surface area contributed by atoms with Gasteiger partial charge < -0.3 is 15.8 Å². The van der Waals surface area contributed by atoms with Crippen molar-refractivity contribution in [2.75, 3.05) is 20.2 Å². The molecule has 4 heteroatoms. The van der Waals surface area contributed by atoms with E-state index in [0.717, 1.165) is 38.5 Å². The molecule has 0 saturated heterocycles. The van der Waals surface area contributed by atoms with Crippen molar-refractivity contribution in [2.24, 2.45) is 11.1 Å². The van der Waals surface area contributed by atoms with Crippen molar-refractivity contribution in [3.05, 3.63) is 0 Å². The molecule has 0 atom stereocenters. The molecule has 0 aromatic heterocycles. The van der Waals surface area contributed by atoms with Crippen molar-refractivity contribution in [1.82, 2.24) is 5.32 Å². The van der Waals surface area contributed by atoms with E-state index in [4.69, 9.17) is 10.5 Å². The van der Waals surface area contributed by atoms with E-state index in [0.29, 0.717) is 13.1 Å². The molecule has 2 rings (SSSR count). The molecule has 0 aromatic rings. The number of carbonyl (C=O) groups excluding carboxylic acids is 1. The van der Waals surface area contributed by atoms with Crippen LogP contribution in [0.25, 0.3) is 0 Å². The van der Waals surface area contributed by atoms with Gasteiger partial charge in [0.15, 0.2) is 0 Å². The first-order valence-electron chi connectivity index (χ1n) is 7.20. The molecule has 3 N–H and O–H groups in total. The Hall–Kier alpha value is -0.610. The van der Waals surface area contributed by atoms with Gasteiger partial charge in [-0.2, -0.15) is 0 Å². The number of hydrogen-bond donors (Lipinski definition) is 2. The van der Waals surface area contributed by atoms with Crippen molar-refractivity contribution < 1.29 is 9.53 Å². The Bertz CT molecular complexity index is 289. The largest absolute Gasteiger partial charge is 0.376 e. The Morgan fingerprint density at radius 2 is 1.83 bits per heavy atom. The van der Waals surface area contributed by atoms with Crippen LogP contribution in [0.5, 0.6) is 0 Å². The van der Waals surface area contributed by atoms with Crippen molar-refractivity contribution in [3.63, 3.8) is 0 Å². The Labute approximate surface area is 110 Å². The molecule has 2 fully saturated rings. The third-order valence-electron chi connectivity index (χ3n) is 4.95. The fraction of sp³-hybridized carbons (Fsp3) is 0.929. The van der Waals surface area contributed by atoms with Gasteiger partial charge in [0, 0.05) is 20.2 Å². The minimum absolute atomic E-state index is 0.0971. The smallest absolute Gasteiger partial charge is 0.227 e. The van der Waals surface area contributed by atoms with Crippen LogP contribution >= 0.6 is 0 Å². The molecule has 0 bridgehead atoms. The summed E-state index contributed by atoms with van der Waals surface area (Å²) in [5.41, 5.74) is 5.46. The first-order valence-corrected chi connectivity index (χ1v) is 7.20. The summed E-state index contributed by atoms with van der Waals surface area (Å²) in [6.45, 7) is 1.11. The summed E-state index contributed by atoms with van der Waals surface area (Å²) in [6.07, 6.45) is 8.67. The number of nitrogens with one attached hydrogen (secondary N) is 1. The molecule has 0 spiro atoms. The second-order valence-electron chi connectivity index (χ2n) is 5.97. The average molecular weight is 254 g/mol.